The number of hydrogen-bond acceptors (Lipinski definition) is 4. The summed E-state index contributed by atoms with van der Waals surface area (Å²) >= 11 is 0. The van der Waals surface area contributed by atoms with Gasteiger partial charge in [0, 0.05) is 25.4 Å². The van der Waals surface area contributed by atoms with Gasteiger partial charge >= 0.3 is 0 Å². The van der Waals surface area contributed by atoms with E-state index >= 15 is 0 Å². The Morgan fingerprint density at radius 2 is 2.30 bits per heavy atom. The summed E-state index contributed by atoms with van der Waals surface area (Å²) < 4.78 is 7.63. The fourth-order valence-electron chi connectivity index (χ4n) is 2.89. The smallest absolute Gasteiger partial charge is 0.149 e. The molecule has 0 aliphatic carbocycles. The number of aromatic nitrogens is 3. The topological polar surface area (TPSA) is 55.9 Å². The summed E-state index contributed by atoms with van der Waals surface area (Å²) in [5.41, 5.74) is 0. The first-order chi connectivity index (χ1) is 9.74. The maximum atomic E-state index is 5.37. The van der Waals surface area contributed by atoms with E-state index in [1.807, 2.05) is 12.1 Å². The lowest BCUT2D eigenvalue weighted by atomic mass is 10.1. The van der Waals surface area contributed by atoms with E-state index < -0.39 is 0 Å². The molecule has 0 spiro atoms. The third-order valence-electron chi connectivity index (χ3n) is 3.96. The molecule has 1 N–H and O–H groups in total. The molecule has 0 aromatic carbocycles. The van der Waals surface area contributed by atoms with Crippen molar-refractivity contribution in [2.24, 2.45) is 0 Å². The SMILES string of the molecule is CC(CCc1ccco1)NC(C)c1nnc2n1CCC2. The van der Waals surface area contributed by atoms with E-state index in [0.717, 1.165) is 43.2 Å². The maximum absolute atomic E-state index is 5.37. The molecule has 0 radical (unpaired) electrons. The quantitative estimate of drug-likeness (QED) is 0.879. The normalized spacial score (nSPS) is 17.1. The molecule has 5 nitrogen and oxygen atoms in total. The molecule has 1 aliphatic rings. The van der Waals surface area contributed by atoms with Gasteiger partial charge in [-0.15, -0.1) is 10.2 Å². The third kappa shape index (κ3) is 2.77. The van der Waals surface area contributed by atoms with Crippen LogP contribution in [0.25, 0.3) is 0 Å². The van der Waals surface area contributed by atoms with Crippen LogP contribution in [-0.2, 0) is 19.4 Å². The Kier molecular flexibility index (Phi) is 3.87. The minimum Gasteiger partial charge on any atom is -0.469 e. The lowest BCUT2D eigenvalue weighted by molar-refractivity contribution is 0.414. The van der Waals surface area contributed by atoms with Gasteiger partial charge in [-0.3, -0.25) is 0 Å². The van der Waals surface area contributed by atoms with Crippen molar-refractivity contribution in [1.82, 2.24) is 20.1 Å². The fraction of sp³-hybridized carbons (Fsp3) is 0.600. The zero-order valence-corrected chi connectivity index (χ0v) is 12.2. The molecule has 108 valence electrons. The molecule has 20 heavy (non-hydrogen) atoms. The Labute approximate surface area is 119 Å². The molecule has 2 atom stereocenters. The second-order valence-electron chi connectivity index (χ2n) is 5.64. The highest BCUT2D eigenvalue weighted by Gasteiger charge is 2.22. The lowest BCUT2D eigenvalue weighted by Gasteiger charge is -2.19. The highest BCUT2D eigenvalue weighted by Crippen LogP contribution is 2.19. The molecular formula is C15H22N4O. The van der Waals surface area contributed by atoms with Crippen LogP contribution in [0, 0.1) is 0 Å². The predicted octanol–water partition coefficient (Wildman–Crippen LogP) is 2.49. The van der Waals surface area contributed by atoms with E-state index in [2.05, 4.69) is 33.9 Å². The number of rotatable bonds is 6. The summed E-state index contributed by atoms with van der Waals surface area (Å²) in [6.07, 6.45) is 6.01. The Bertz CT molecular complexity index is 546. The van der Waals surface area contributed by atoms with Gasteiger partial charge in [0.15, 0.2) is 0 Å². The molecule has 5 heteroatoms. The third-order valence-corrected chi connectivity index (χ3v) is 3.96. The van der Waals surface area contributed by atoms with Crippen molar-refractivity contribution in [3.8, 4) is 0 Å². The van der Waals surface area contributed by atoms with Crippen LogP contribution in [0.4, 0.5) is 0 Å². The van der Waals surface area contributed by atoms with Crippen LogP contribution >= 0.6 is 0 Å². The number of fused-ring (bicyclic) bond motifs is 1. The average molecular weight is 274 g/mol. The standard InChI is InChI=1S/C15H22N4O/c1-11(7-8-13-5-4-10-20-13)16-12(2)15-18-17-14-6-3-9-19(14)15/h4-5,10-12,16H,3,6-9H2,1-2H3. The van der Waals surface area contributed by atoms with Gasteiger partial charge in [0.1, 0.15) is 17.4 Å². The first-order valence-electron chi connectivity index (χ1n) is 7.44. The summed E-state index contributed by atoms with van der Waals surface area (Å²) in [5, 5.41) is 12.2. The van der Waals surface area contributed by atoms with Crippen LogP contribution in [0.15, 0.2) is 22.8 Å². The molecule has 3 rings (SSSR count). The molecule has 0 saturated heterocycles. The number of nitrogens with zero attached hydrogens (tertiary/aromatic N) is 3. The van der Waals surface area contributed by atoms with Crippen molar-refractivity contribution >= 4 is 0 Å². The summed E-state index contributed by atoms with van der Waals surface area (Å²) in [4.78, 5) is 0. The molecule has 2 unspecified atom stereocenters. The van der Waals surface area contributed by atoms with Crippen molar-refractivity contribution in [2.45, 2.75) is 58.2 Å². The largest absolute Gasteiger partial charge is 0.469 e. The van der Waals surface area contributed by atoms with Crippen molar-refractivity contribution in [3.63, 3.8) is 0 Å². The van der Waals surface area contributed by atoms with Crippen LogP contribution in [0.2, 0.25) is 0 Å². The minimum atomic E-state index is 0.237. The Balaban J connectivity index is 1.54. The summed E-state index contributed by atoms with van der Waals surface area (Å²) in [6, 6.07) is 4.63. The second kappa shape index (κ2) is 5.79. The number of furan rings is 1. The van der Waals surface area contributed by atoms with Crippen molar-refractivity contribution in [3.05, 3.63) is 35.8 Å². The monoisotopic (exact) mass is 274 g/mol. The van der Waals surface area contributed by atoms with Gasteiger partial charge in [0.2, 0.25) is 0 Å². The van der Waals surface area contributed by atoms with Crippen LogP contribution < -0.4 is 5.32 Å². The Morgan fingerprint density at radius 3 is 3.10 bits per heavy atom. The first-order valence-corrected chi connectivity index (χ1v) is 7.44. The molecule has 1 aliphatic heterocycles. The van der Waals surface area contributed by atoms with E-state index in [0.29, 0.717) is 6.04 Å². The van der Waals surface area contributed by atoms with Gasteiger partial charge in [-0.1, -0.05) is 0 Å². The van der Waals surface area contributed by atoms with Crippen molar-refractivity contribution in [2.75, 3.05) is 0 Å². The average Bonchev–Trinajstić information content (AvgIpc) is 3.13. The molecular weight excluding hydrogens is 252 g/mol. The van der Waals surface area contributed by atoms with Gasteiger partial charge in [-0.05, 0) is 38.8 Å². The fourth-order valence-corrected chi connectivity index (χ4v) is 2.89. The molecule has 3 heterocycles. The van der Waals surface area contributed by atoms with E-state index in [4.69, 9.17) is 4.42 Å². The van der Waals surface area contributed by atoms with E-state index in [1.165, 1.54) is 6.42 Å². The van der Waals surface area contributed by atoms with Crippen LogP contribution in [-0.4, -0.2) is 20.8 Å². The van der Waals surface area contributed by atoms with Crippen molar-refractivity contribution < 1.29 is 4.42 Å². The summed E-state index contributed by atoms with van der Waals surface area (Å²) in [5.74, 6) is 3.26. The predicted molar refractivity (Wildman–Crippen MR) is 76.4 cm³/mol. The Morgan fingerprint density at radius 1 is 1.40 bits per heavy atom. The summed E-state index contributed by atoms with van der Waals surface area (Å²) in [7, 11) is 0. The van der Waals surface area contributed by atoms with Crippen LogP contribution in [0.5, 0.6) is 0 Å². The van der Waals surface area contributed by atoms with E-state index in [1.54, 1.807) is 6.26 Å². The van der Waals surface area contributed by atoms with Gasteiger partial charge in [0.25, 0.3) is 0 Å². The summed E-state index contributed by atoms with van der Waals surface area (Å²) in [6.45, 7) is 5.43. The van der Waals surface area contributed by atoms with Crippen molar-refractivity contribution in [1.29, 1.82) is 0 Å². The second-order valence-corrected chi connectivity index (χ2v) is 5.64. The minimum absolute atomic E-state index is 0.237. The molecule has 0 amide bonds. The van der Waals surface area contributed by atoms with Gasteiger partial charge in [-0.2, -0.15) is 0 Å². The molecule has 0 bridgehead atoms. The van der Waals surface area contributed by atoms with Gasteiger partial charge in [-0.25, -0.2) is 0 Å². The highest BCUT2D eigenvalue weighted by molar-refractivity contribution is 5.04. The molecule has 0 fully saturated rings. The van der Waals surface area contributed by atoms with Crippen LogP contribution in [0.3, 0.4) is 0 Å². The van der Waals surface area contributed by atoms with E-state index in [-0.39, 0.29) is 6.04 Å². The number of aryl methyl sites for hydroxylation is 2. The zero-order valence-electron chi connectivity index (χ0n) is 12.2. The molecule has 2 aromatic heterocycles. The molecule has 2 aromatic rings. The number of nitrogens with one attached hydrogen (secondary N) is 1. The molecule has 0 saturated carbocycles. The highest BCUT2D eigenvalue weighted by atomic mass is 16.3. The lowest BCUT2D eigenvalue weighted by Crippen LogP contribution is -2.31. The van der Waals surface area contributed by atoms with Gasteiger partial charge < -0.3 is 14.3 Å². The Hall–Kier alpha value is -1.62. The zero-order chi connectivity index (χ0) is 13.9. The van der Waals surface area contributed by atoms with Crippen LogP contribution in [0.1, 0.15) is 50.1 Å². The maximum Gasteiger partial charge on any atom is 0.149 e. The van der Waals surface area contributed by atoms with E-state index in [9.17, 15) is 0 Å². The number of hydrogen-bond donors (Lipinski definition) is 1. The first kappa shape index (κ1) is 13.4. The van der Waals surface area contributed by atoms with Gasteiger partial charge in [0.05, 0.1) is 12.3 Å².